The van der Waals surface area contributed by atoms with Gasteiger partial charge < -0.3 is 19.6 Å². The van der Waals surface area contributed by atoms with Gasteiger partial charge in [0, 0.05) is 37.2 Å². The number of fused-ring (bicyclic) bond motifs is 1. The number of benzene rings is 2. The monoisotopic (exact) mass is 626 g/mol. The Kier molecular flexibility index (Phi) is 8.50. The van der Waals surface area contributed by atoms with Gasteiger partial charge in [-0.1, -0.05) is 0 Å². The second kappa shape index (κ2) is 11.2. The number of carboxylic acid groups (broad SMARTS) is 1. The van der Waals surface area contributed by atoms with E-state index in [4.69, 9.17) is 4.74 Å². The topological polar surface area (TPSA) is 87.2 Å². The van der Waals surface area contributed by atoms with Gasteiger partial charge in [-0.2, -0.15) is 13.2 Å². The third-order valence-electron chi connectivity index (χ3n) is 7.64. The molecule has 2 aromatic rings. The first-order chi connectivity index (χ1) is 19.3. The molecule has 0 radical (unpaired) electrons. The molecule has 4 rings (SSSR count). The van der Waals surface area contributed by atoms with Gasteiger partial charge in [0.25, 0.3) is 0 Å². The lowest BCUT2D eigenvalue weighted by Gasteiger charge is -2.29. The van der Waals surface area contributed by atoms with E-state index in [0.29, 0.717) is 25.6 Å². The number of hydrogen-bond donors (Lipinski definition) is 1. The summed E-state index contributed by atoms with van der Waals surface area (Å²) in [5, 5.41) is 9.79. The fourth-order valence-electron chi connectivity index (χ4n) is 5.30. The van der Waals surface area contributed by atoms with Crippen LogP contribution in [-0.4, -0.2) is 69.1 Å². The van der Waals surface area contributed by atoms with Crippen molar-refractivity contribution in [2.45, 2.75) is 48.7 Å². The van der Waals surface area contributed by atoms with Crippen LogP contribution in [0.4, 0.5) is 42.1 Å². The van der Waals surface area contributed by atoms with Gasteiger partial charge in [0.1, 0.15) is 23.6 Å². The molecule has 0 unspecified atom stereocenters. The number of ether oxygens (including phenoxy) is 1. The van der Waals surface area contributed by atoms with Crippen LogP contribution < -0.4 is 9.64 Å². The summed E-state index contributed by atoms with van der Waals surface area (Å²) in [7, 11) is -3.46. The molecule has 3 atom stereocenters. The Balaban J connectivity index is 1.88. The minimum Gasteiger partial charge on any atom is -0.492 e. The Labute approximate surface area is 237 Å². The molecule has 0 aliphatic carbocycles. The summed E-state index contributed by atoms with van der Waals surface area (Å²) in [6.07, 6.45) is -6.59. The summed E-state index contributed by atoms with van der Waals surface area (Å²) in [6, 6.07) is 5.15. The number of hydrogen-bond acceptors (Lipinski definition) is 6. The number of rotatable bonds is 8. The standard InChI is InChI=1S/C27H29F7N2O5S/c1-25(30,31)8-7-16-13-36(18-5-3-17(28)4-6-18)20-11-19(27(32,33)34)21(12-22(20)42(39,40)23(16)29)41-15-26(24(37)38)9-10-35(2)14-26/h3-6,11-12,16,23H,7-10,13-15H2,1-2H3,(H,37,38)/t16-,23+,26-/m1/s1. The lowest BCUT2D eigenvalue weighted by atomic mass is 9.88. The van der Waals surface area contributed by atoms with Crippen molar-refractivity contribution in [1.82, 2.24) is 4.90 Å². The number of carboxylic acids is 1. The number of nitrogens with zero attached hydrogens (tertiary/aromatic N) is 2. The van der Waals surface area contributed by atoms with Crippen LogP contribution in [0.2, 0.25) is 0 Å². The molecule has 15 heteroatoms. The highest BCUT2D eigenvalue weighted by atomic mass is 32.2. The van der Waals surface area contributed by atoms with Crippen LogP contribution in [0.5, 0.6) is 5.75 Å². The second-order valence-electron chi connectivity index (χ2n) is 11.0. The van der Waals surface area contributed by atoms with Crippen LogP contribution in [0.1, 0.15) is 31.7 Å². The van der Waals surface area contributed by atoms with Crippen LogP contribution >= 0.6 is 0 Å². The SMILES string of the molecule is CN1CC[C@@](COc2cc3c(cc2C(F)(F)F)N(c2ccc(F)cc2)C[C@@H](CCC(C)(F)F)[C@@H](F)S3(=O)=O)(C(=O)O)C1. The normalized spacial score (nSPS) is 24.7. The highest BCUT2D eigenvalue weighted by molar-refractivity contribution is 7.92. The maximum atomic E-state index is 15.7. The van der Waals surface area contributed by atoms with Crippen LogP contribution in [0, 0.1) is 17.2 Å². The van der Waals surface area contributed by atoms with E-state index in [0.717, 1.165) is 29.2 Å². The Morgan fingerprint density at radius 3 is 2.31 bits per heavy atom. The van der Waals surface area contributed by atoms with Crippen molar-refractivity contribution in [2.24, 2.45) is 11.3 Å². The van der Waals surface area contributed by atoms with Crippen molar-refractivity contribution in [1.29, 1.82) is 0 Å². The molecule has 7 nitrogen and oxygen atoms in total. The molecule has 1 fully saturated rings. The largest absolute Gasteiger partial charge is 0.492 e. The quantitative estimate of drug-likeness (QED) is 0.365. The van der Waals surface area contributed by atoms with E-state index in [-0.39, 0.29) is 18.7 Å². The number of alkyl halides is 6. The first-order valence-electron chi connectivity index (χ1n) is 12.9. The Morgan fingerprint density at radius 1 is 1.14 bits per heavy atom. The Hall–Kier alpha value is -3.07. The van der Waals surface area contributed by atoms with Crippen LogP contribution in [0.3, 0.4) is 0 Å². The molecule has 0 amide bonds. The Morgan fingerprint density at radius 2 is 1.79 bits per heavy atom. The minimum absolute atomic E-state index is 0.00387. The van der Waals surface area contributed by atoms with Gasteiger partial charge in [-0.05, 0) is 63.7 Å². The molecule has 1 saturated heterocycles. The predicted molar refractivity (Wildman–Crippen MR) is 138 cm³/mol. The van der Waals surface area contributed by atoms with Crippen molar-refractivity contribution in [3.05, 3.63) is 47.8 Å². The van der Waals surface area contributed by atoms with Gasteiger partial charge >= 0.3 is 12.1 Å². The molecular formula is C27H29F7N2O5S. The lowest BCUT2D eigenvalue weighted by Crippen LogP contribution is -2.39. The first-order valence-corrected chi connectivity index (χ1v) is 14.5. The molecule has 232 valence electrons. The second-order valence-corrected chi connectivity index (χ2v) is 13.0. The van der Waals surface area contributed by atoms with E-state index in [9.17, 15) is 44.7 Å². The van der Waals surface area contributed by atoms with E-state index in [1.54, 1.807) is 11.9 Å². The van der Waals surface area contributed by atoms with Gasteiger partial charge in [-0.3, -0.25) is 4.79 Å². The molecular weight excluding hydrogens is 597 g/mol. The summed E-state index contributed by atoms with van der Waals surface area (Å²) < 4.78 is 132. The molecule has 0 saturated carbocycles. The number of aliphatic carboxylic acids is 1. The number of halogens is 7. The molecule has 2 aliphatic rings. The first kappa shape index (κ1) is 31.9. The third kappa shape index (κ3) is 6.46. The Bertz CT molecular complexity index is 1430. The van der Waals surface area contributed by atoms with E-state index in [1.807, 2.05) is 0 Å². The van der Waals surface area contributed by atoms with Crippen molar-refractivity contribution in [3.8, 4) is 5.75 Å². The molecule has 0 bridgehead atoms. The summed E-state index contributed by atoms with van der Waals surface area (Å²) in [6.45, 7) is -0.482. The zero-order valence-corrected chi connectivity index (χ0v) is 23.4. The summed E-state index contributed by atoms with van der Waals surface area (Å²) in [5.41, 5.74) is -6.42. The molecule has 0 spiro atoms. The molecule has 2 aliphatic heterocycles. The van der Waals surface area contributed by atoms with Crippen molar-refractivity contribution >= 4 is 27.2 Å². The smallest absolute Gasteiger partial charge is 0.420 e. The van der Waals surface area contributed by atoms with Gasteiger partial charge in [-0.25, -0.2) is 26.0 Å². The summed E-state index contributed by atoms with van der Waals surface area (Å²) in [5.74, 6) is -7.92. The summed E-state index contributed by atoms with van der Waals surface area (Å²) in [4.78, 5) is 13.8. The molecule has 2 aromatic carbocycles. The van der Waals surface area contributed by atoms with E-state index < -0.39 is 98.4 Å². The van der Waals surface area contributed by atoms with Crippen LogP contribution in [-0.2, 0) is 20.8 Å². The fourth-order valence-corrected chi connectivity index (χ4v) is 7.00. The highest BCUT2D eigenvalue weighted by Crippen LogP contribution is 2.48. The fraction of sp³-hybridized carbons (Fsp3) is 0.519. The minimum atomic E-state index is -5.13. The average Bonchev–Trinajstić information content (AvgIpc) is 3.25. The van der Waals surface area contributed by atoms with Gasteiger partial charge in [0.2, 0.25) is 21.3 Å². The van der Waals surface area contributed by atoms with E-state index in [2.05, 4.69) is 0 Å². The van der Waals surface area contributed by atoms with Gasteiger partial charge in [0.05, 0.1) is 16.1 Å². The van der Waals surface area contributed by atoms with Crippen molar-refractivity contribution < 1.29 is 53.8 Å². The molecule has 1 N–H and O–H groups in total. The van der Waals surface area contributed by atoms with Gasteiger partial charge in [-0.15, -0.1) is 0 Å². The van der Waals surface area contributed by atoms with Crippen LogP contribution in [0.25, 0.3) is 0 Å². The van der Waals surface area contributed by atoms with E-state index in [1.165, 1.54) is 0 Å². The molecule has 0 aromatic heterocycles. The van der Waals surface area contributed by atoms with Crippen molar-refractivity contribution in [3.63, 3.8) is 0 Å². The maximum absolute atomic E-state index is 15.7. The highest BCUT2D eigenvalue weighted by Gasteiger charge is 2.48. The number of likely N-dealkylation sites (tertiary alicyclic amines) is 1. The predicted octanol–water partition coefficient (Wildman–Crippen LogP) is 5.90. The zero-order chi connectivity index (χ0) is 31.3. The maximum Gasteiger partial charge on any atom is 0.420 e. The molecule has 2 heterocycles. The average molecular weight is 627 g/mol. The number of anilines is 2. The molecule has 42 heavy (non-hydrogen) atoms. The van der Waals surface area contributed by atoms with Crippen molar-refractivity contribution in [2.75, 3.05) is 38.2 Å². The lowest BCUT2D eigenvalue weighted by molar-refractivity contribution is -0.150. The third-order valence-corrected chi connectivity index (χ3v) is 9.56. The van der Waals surface area contributed by atoms with Gasteiger partial charge in [0.15, 0.2) is 0 Å². The van der Waals surface area contributed by atoms with E-state index >= 15 is 4.39 Å². The zero-order valence-electron chi connectivity index (χ0n) is 22.6. The van der Waals surface area contributed by atoms with Crippen LogP contribution in [0.15, 0.2) is 41.3 Å². The number of carbonyl (C=O) groups is 1. The summed E-state index contributed by atoms with van der Waals surface area (Å²) >= 11 is 0. The number of sulfone groups is 1.